The first-order valence-corrected chi connectivity index (χ1v) is 8.58. The maximum absolute atomic E-state index is 12.9. The molecule has 0 saturated carbocycles. The summed E-state index contributed by atoms with van der Waals surface area (Å²) in [4.78, 5) is 26.7. The Morgan fingerprint density at radius 1 is 1.28 bits per heavy atom. The van der Waals surface area contributed by atoms with Crippen LogP contribution in [0.15, 0.2) is 36.7 Å². The van der Waals surface area contributed by atoms with Gasteiger partial charge in [-0.2, -0.15) is 5.10 Å². The van der Waals surface area contributed by atoms with Gasteiger partial charge in [0.2, 0.25) is 5.91 Å². The summed E-state index contributed by atoms with van der Waals surface area (Å²) in [6.45, 7) is 0.702. The molecule has 1 aliphatic rings. The number of aryl methyl sites for hydroxylation is 2. The Labute approximate surface area is 146 Å². The van der Waals surface area contributed by atoms with Crippen LogP contribution in [0.25, 0.3) is 0 Å². The van der Waals surface area contributed by atoms with E-state index in [9.17, 15) is 14.0 Å². The molecule has 6 heteroatoms. The summed E-state index contributed by atoms with van der Waals surface area (Å²) < 4.78 is 14.5. The average molecular weight is 343 g/mol. The molecule has 1 aliphatic heterocycles. The number of amides is 1. The quantitative estimate of drug-likeness (QED) is 0.758. The lowest BCUT2D eigenvalue weighted by atomic mass is 10.0. The highest BCUT2D eigenvalue weighted by molar-refractivity contribution is 5.96. The monoisotopic (exact) mass is 343 g/mol. The van der Waals surface area contributed by atoms with Crippen LogP contribution in [0.4, 0.5) is 4.39 Å². The van der Waals surface area contributed by atoms with Crippen molar-refractivity contribution in [2.75, 3.05) is 6.54 Å². The first kappa shape index (κ1) is 17.3. The summed E-state index contributed by atoms with van der Waals surface area (Å²) in [5.74, 6) is -0.189. The fraction of sp³-hybridized carbons (Fsp3) is 0.421. The third kappa shape index (κ3) is 4.32. The van der Waals surface area contributed by atoms with E-state index in [4.69, 9.17) is 0 Å². The molecule has 0 unspecified atom stereocenters. The molecule has 1 saturated heterocycles. The van der Waals surface area contributed by atoms with E-state index in [0.29, 0.717) is 31.4 Å². The number of halogens is 1. The zero-order valence-corrected chi connectivity index (χ0v) is 14.3. The lowest BCUT2D eigenvalue weighted by Gasteiger charge is -2.24. The number of hydrogen-bond acceptors (Lipinski definition) is 3. The highest BCUT2D eigenvalue weighted by Crippen LogP contribution is 2.23. The lowest BCUT2D eigenvalue weighted by molar-refractivity contribution is -0.131. The Balaban J connectivity index is 1.56. The van der Waals surface area contributed by atoms with Crippen LogP contribution in [0, 0.1) is 5.82 Å². The van der Waals surface area contributed by atoms with Gasteiger partial charge in [-0.1, -0.05) is 12.1 Å². The number of nitrogens with zero attached hydrogens (tertiary/aromatic N) is 3. The molecule has 0 bridgehead atoms. The van der Waals surface area contributed by atoms with Crippen molar-refractivity contribution in [3.63, 3.8) is 0 Å². The number of rotatable bonds is 6. The molecule has 5 nitrogen and oxygen atoms in total. The van der Waals surface area contributed by atoms with Gasteiger partial charge >= 0.3 is 0 Å². The number of Topliss-reactive ketones (excluding diaryl/α,β-unsaturated/α-hetero) is 1. The number of likely N-dealkylation sites (tertiary alicyclic amines) is 1. The number of hydrogen-bond donors (Lipinski definition) is 0. The number of carbonyl (C=O) groups excluding carboxylic acids is 2. The van der Waals surface area contributed by atoms with Gasteiger partial charge < -0.3 is 4.90 Å². The molecule has 1 aromatic heterocycles. The van der Waals surface area contributed by atoms with E-state index < -0.39 is 0 Å². The van der Waals surface area contributed by atoms with Crippen molar-refractivity contribution in [2.24, 2.45) is 7.05 Å². The Bertz CT molecular complexity index is 754. The van der Waals surface area contributed by atoms with Crippen LogP contribution in [0.3, 0.4) is 0 Å². The molecular weight excluding hydrogens is 321 g/mol. The Morgan fingerprint density at radius 3 is 2.72 bits per heavy atom. The predicted molar refractivity (Wildman–Crippen MR) is 91.6 cm³/mol. The lowest BCUT2D eigenvalue weighted by Crippen LogP contribution is -2.37. The minimum Gasteiger partial charge on any atom is -0.339 e. The van der Waals surface area contributed by atoms with E-state index in [1.54, 1.807) is 36.3 Å². The van der Waals surface area contributed by atoms with E-state index >= 15 is 0 Å². The van der Waals surface area contributed by atoms with E-state index in [-0.39, 0.29) is 23.5 Å². The number of carbonyl (C=O) groups is 2. The third-order valence-electron chi connectivity index (χ3n) is 4.69. The molecule has 3 rings (SSSR count). The van der Waals surface area contributed by atoms with Crippen LogP contribution in [-0.4, -0.2) is 39.0 Å². The van der Waals surface area contributed by atoms with Crippen LogP contribution in [0.2, 0.25) is 0 Å². The molecular formula is C19H22FN3O2. The normalized spacial score (nSPS) is 17.0. The molecule has 1 aromatic carbocycles. The first-order valence-electron chi connectivity index (χ1n) is 8.58. The fourth-order valence-electron chi connectivity index (χ4n) is 3.32. The Morgan fingerprint density at radius 2 is 2.04 bits per heavy atom. The van der Waals surface area contributed by atoms with E-state index in [0.717, 1.165) is 18.4 Å². The first-order chi connectivity index (χ1) is 12.0. The average Bonchev–Trinajstić information content (AvgIpc) is 3.23. The minimum atomic E-state index is -0.274. The largest absolute Gasteiger partial charge is 0.339 e. The summed E-state index contributed by atoms with van der Waals surface area (Å²) >= 11 is 0. The predicted octanol–water partition coefficient (Wildman–Crippen LogP) is 2.76. The van der Waals surface area contributed by atoms with Gasteiger partial charge in [-0.3, -0.25) is 14.3 Å². The molecule has 2 heterocycles. The molecule has 0 aliphatic carbocycles. The molecule has 0 radical (unpaired) electrons. The molecule has 132 valence electrons. The third-order valence-corrected chi connectivity index (χ3v) is 4.69. The zero-order chi connectivity index (χ0) is 17.8. The van der Waals surface area contributed by atoms with Gasteiger partial charge in [0.15, 0.2) is 5.78 Å². The van der Waals surface area contributed by atoms with Gasteiger partial charge in [0.25, 0.3) is 0 Å². The van der Waals surface area contributed by atoms with Crippen molar-refractivity contribution < 1.29 is 14.0 Å². The Hall–Kier alpha value is -2.50. The molecule has 1 fully saturated rings. The van der Waals surface area contributed by atoms with Gasteiger partial charge in [-0.15, -0.1) is 0 Å². The number of ketones is 1. The summed E-state index contributed by atoms with van der Waals surface area (Å²) in [6, 6.07) is 6.19. The zero-order valence-electron chi connectivity index (χ0n) is 14.3. The summed E-state index contributed by atoms with van der Waals surface area (Å²) in [7, 11) is 1.78. The van der Waals surface area contributed by atoms with Gasteiger partial charge in [0, 0.05) is 38.7 Å². The molecule has 25 heavy (non-hydrogen) atoms. The Kier molecular flexibility index (Phi) is 5.26. The summed E-state index contributed by atoms with van der Waals surface area (Å²) in [5, 5.41) is 4.02. The van der Waals surface area contributed by atoms with Gasteiger partial charge in [0.05, 0.1) is 11.8 Å². The fourth-order valence-corrected chi connectivity index (χ4v) is 3.32. The van der Waals surface area contributed by atoms with Crippen molar-refractivity contribution in [1.29, 1.82) is 0 Å². The highest BCUT2D eigenvalue weighted by atomic mass is 19.1. The number of aromatic nitrogens is 2. The van der Waals surface area contributed by atoms with E-state index in [1.807, 2.05) is 4.90 Å². The maximum atomic E-state index is 12.9. The van der Waals surface area contributed by atoms with Crippen molar-refractivity contribution in [3.8, 4) is 0 Å². The van der Waals surface area contributed by atoms with Crippen LogP contribution in [0.1, 0.15) is 41.6 Å². The van der Waals surface area contributed by atoms with Crippen molar-refractivity contribution in [1.82, 2.24) is 14.7 Å². The van der Waals surface area contributed by atoms with E-state index in [2.05, 4.69) is 5.10 Å². The minimum absolute atomic E-state index is 0.0244. The van der Waals surface area contributed by atoms with Crippen LogP contribution in [0.5, 0.6) is 0 Å². The molecule has 1 amide bonds. The molecule has 0 N–H and O–H groups in total. The van der Waals surface area contributed by atoms with Crippen molar-refractivity contribution in [2.45, 2.75) is 38.1 Å². The second kappa shape index (κ2) is 7.59. The van der Waals surface area contributed by atoms with Gasteiger partial charge in [-0.25, -0.2) is 4.39 Å². The van der Waals surface area contributed by atoms with Gasteiger partial charge in [0.1, 0.15) is 5.82 Å². The maximum Gasteiger partial charge on any atom is 0.223 e. The topological polar surface area (TPSA) is 55.2 Å². The smallest absolute Gasteiger partial charge is 0.223 e. The van der Waals surface area contributed by atoms with Crippen LogP contribution < -0.4 is 0 Å². The standard InChI is InChI=1S/C19H22FN3O2/c1-22-13-15(12-21-22)18(24)11-17-3-2-10-23(17)19(25)9-6-14-4-7-16(20)8-5-14/h4-5,7-8,12-13,17H,2-3,6,9-11H2,1H3/t17-/m0/s1. The van der Waals surface area contributed by atoms with Crippen molar-refractivity contribution >= 4 is 11.7 Å². The summed E-state index contributed by atoms with van der Waals surface area (Å²) in [5.41, 5.74) is 1.53. The molecule has 0 spiro atoms. The highest BCUT2D eigenvalue weighted by Gasteiger charge is 2.30. The second-order valence-electron chi connectivity index (χ2n) is 6.54. The summed E-state index contributed by atoms with van der Waals surface area (Å²) in [6.07, 6.45) is 6.35. The van der Waals surface area contributed by atoms with Crippen molar-refractivity contribution in [3.05, 3.63) is 53.6 Å². The second-order valence-corrected chi connectivity index (χ2v) is 6.54. The molecule has 1 atom stereocenters. The van der Waals surface area contributed by atoms with E-state index in [1.165, 1.54) is 12.1 Å². The number of benzene rings is 1. The molecule has 2 aromatic rings. The van der Waals surface area contributed by atoms with Crippen LogP contribution in [-0.2, 0) is 18.3 Å². The SMILES string of the molecule is Cn1cc(C(=O)C[C@@H]2CCCN2C(=O)CCc2ccc(F)cc2)cn1. The van der Waals surface area contributed by atoms with Crippen LogP contribution >= 0.6 is 0 Å². The van der Waals surface area contributed by atoms with Gasteiger partial charge in [-0.05, 0) is 37.0 Å².